The van der Waals surface area contributed by atoms with Crippen LogP contribution in [0.15, 0.2) is 71.8 Å². The summed E-state index contributed by atoms with van der Waals surface area (Å²) in [5.74, 6) is 0.121. The second-order valence-corrected chi connectivity index (χ2v) is 11.6. The van der Waals surface area contributed by atoms with Gasteiger partial charge in [-0.1, -0.05) is 45.0 Å². The van der Waals surface area contributed by atoms with Crippen molar-refractivity contribution in [2.75, 3.05) is 5.75 Å². The molecule has 0 saturated heterocycles. The lowest BCUT2D eigenvalue weighted by atomic mass is 9.98. The van der Waals surface area contributed by atoms with E-state index in [2.05, 4.69) is 53.7 Å². The highest BCUT2D eigenvalue weighted by Gasteiger charge is 2.16. The number of amides is 1. The van der Waals surface area contributed by atoms with Crippen molar-refractivity contribution in [2.45, 2.75) is 45.1 Å². The van der Waals surface area contributed by atoms with Gasteiger partial charge in [0.1, 0.15) is 0 Å². The molecule has 0 aliphatic rings. The van der Waals surface area contributed by atoms with Gasteiger partial charge in [-0.25, -0.2) is 8.42 Å². The van der Waals surface area contributed by atoms with Crippen LogP contribution in [0.5, 0.6) is 0 Å². The normalized spacial score (nSPS) is 11.9. The van der Waals surface area contributed by atoms with Gasteiger partial charge in [-0.3, -0.25) is 9.78 Å². The van der Waals surface area contributed by atoms with E-state index in [1.807, 2.05) is 12.1 Å². The van der Waals surface area contributed by atoms with Gasteiger partial charge in [0.25, 0.3) is 0 Å². The van der Waals surface area contributed by atoms with Crippen LogP contribution in [0, 0.1) is 5.92 Å². The van der Waals surface area contributed by atoms with Gasteiger partial charge in [-0.05, 0) is 59.9 Å². The predicted molar refractivity (Wildman–Crippen MR) is 139 cm³/mol. The molecule has 0 fully saturated rings. The van der Waals surface area contributed by atoms with E-state index in [1.165, 1.54) is 17.3 Å². The van der Waals surface area contributed by atoms with Gasteiger partial charge >= 0.3 is 0 Å². The maximum absolute atomic E-state index is 12.2. The summed E-state index contributed by atoms with van der Waals surface area (Å²) in [6, 6.07) is 19.4. The Kier molecular flexibility index (Phi) is 7.08. The van der Waals surface area contributed by atoms with Crippen LogP contribution in [0.2, 0.25) is 0 Å². The highest BCUT2D eigenvalue weighted by atomic mass is 32.2. The average Bonchev–Trinajstić information content (AvgIpc) is 3.16. The highest BCUT2D eigenvalue weighted by Crippen LogP contribution is 2.26. The van der Waals surface area contributed by atoms with Crippen molar-refractivity contribution in [1.82, 2.24) is 9.55 Å². The van der Waals surface area contributed by atoms with Crippen molar-refractivity contribution < 1.29 is 13.2 Å². The molecule has 0 atom stereocenters. The van der Waals surface area contributed by atoms with Crippen LogP contribution in [0.3, 0.4) is 0 Å². The Morgan fingerprint density at radius 3 is 2.40 bits per heavy atom. The summed E-state index contributed by atoms with van der Waals surface area (Å²) in [4.78, 5) is 16.4. The van der Waals surface area contributed by atoms with E-state index < -0.39 is 15.7 Å². The molecule has 4 rings (SSSR count). The number of fused-ring (bicyclic) bond motifs is 1. The molecule has 2 heterocycles. The molecule has 0 radical (unpaired) electrons. The number of primary amides is 1. The Morgan fingerprint density at radius 2 is 1.77 bits per heavy atom. The molecule has 2 aromatic carbocycles. The minimum atomic E-state index is -3.30. The van der Waals surface area contributed by atoms with Crippen LogP contribution in [-0.2, 0) is 29.2 Å². The topological polar surface area (TPSA) is 95.0 Å². The van der Waals surface area contributed by atoms with Crippen molar-refractivity contribution in [3.05, 3.63) is 94.9 Å². The maximum Gasteiger partial charge on any atom is 0.248 e. The summed E-state index contributed by atoms with van der Waals surface area (Å²) in [6.45, 7) is 6.73. The lowest BCUT2D eigenvalue weighted by Crippen LogP contribution is -2.11. The Morgan fingerprint density at radius 1 is 1.03 bits per heavy atom. The minimum absolute atomic E-state index is 0.0419. The lowest BCUT2D eigenvalue weighted by Gasteiger charge is -2.16. The third-order valence-electron chi connectivity index (χ3n) is 6.25. The Hall–Kier alpha value is -3.45. The molecule has 0 bridgehead atoms. The first-order valence-electron chi connectivity index (χ1n) is 11.8. The Bertz CT molecular complexity index is 1470. The van der Waals surface area contributed by atoms with Gasteiger partial charge in [0, 0.05) is 47.0 Å². The van der Waals surface area contributed by atoms with Gasteiger partial charge in [0.15, 0.2) is 9.84 Å². The smallest absolute Gasteiger partial charge is 0.248 e. The average molecular weight is 490 g/mol. The second-order valence-electron chi connectivity index (χ2n) is 9.29. The number of hydrogen-bond acceptors (Lipinski definition) is 4. The number of hydrogen-bond donors (Lipinski definition) is 1. The number of carbonyl (C=O) groups is 1. The largest absolute Gasteiger partial charge is 0.366 e. The summed E-state index contributed by atoms with van der Waals surface area (Å²) >= 11 is 0. The molecule has 182 valence electrons. The lowest BCUT2D eigenvalue weighted by molar-refractivity contribution is 0.100. The van der Waals surface area contributed by atoms with E-state index >= 15 is 0 Å². The summed E-state index contributed by atoms with van der Waals surface area (Å²) < 4.78 is 26.6. The molecule has 0 saturated carbocycles. The van der Waals surface area contributed by atoms with E-state index in [9.17, 15) is 13.2 Å². The highest BCUT2D eigenvalue weighted by molar-refractivity contribution is 7.91. The standard InChI is InChI=1S/C28H31N3O3S/c1-4-35(33,34)26-11-10-24(30-17-26)16-25-15-23-14-21(28(29)32)9-12-27(23)31(25)18-22-8-6-5-7-20(22)13-19(2)3/h5-12,14-15,17,19H,4,13,16,18H2,1-3H3,(H2,29,32). The van der Waals surface area contributed by atoms with Crippen LogP contribution in [0.25, 0.3) is 10.9 Å². The fraction of sp³-hybridized carbons (Fsp3) is 0.286. The summed E-state index contributed by atoms with van der Waals surface area (Å²) in [6.07, 6.45) is 2.95. The third-order valence-corrected chi connectivity index (χ3v) is 7.97. The van der Waals surface area contributed by atoms with E-state index in [-0.39, 0.29) is 10.6 Å². The second kappa shape index (κ2) is 10.0. The van der Waals surface area contributed by atoms with Crippen molar-refractivity contribution in [3.8, 4) is 0 Å². The SMILES string of the molecule is CCS(=O)(=O)c1ccc(Cc2cc3cc(C(N)=O)ccc3n2Cc2ccccc2CC(C)C)nc1. The molecule has 1 amide bonds. The molecular weight excluding hydrogens is 458 g/mol. The number of benzene rings is 2. The van der Waals surface area contributed by atoms with E-state index in [1.54, 1.807) is 25.1 Å². The first-order chi connectivity index (χ1) is 16.7. The van der Waals surface area contributed by atoms with Crippen LogP contribution in [0.4, 0.5) is 0 Å². The number of carbonyl (C=O) groups excluding carboxylic acids is 1. The van der Waals surface area contributed by atoms with Gasteiger partial charge in [-0.15, -0.1) is 0 Å². The van der Waals surface area contributed by atoms with Gasteiger partial charge < -0.3 is 10.3 Å². The summed E-state index contributed by atoms with van der Waals surface area (Å²) in [5.41, 5.74) is 11.4. The van der Waals surface area contributed by atoms with Crippen LogP contribution in [0.1, 0.15) is 53.6 Å². The maximum atomic E-state index is 12.2. The quantitative estimate of drug-likeness (QED) is 0.366. The fourth-order valence-corrected chi connectivity index (χ4v) is 5.21. The molecule has 0 aliphatic heterocycles. The van der Waals surface area contributed by atoms with Crippen LogP contribution < -0.4 is 5.73 Å². The number of sulfone groups is 1. The Labute approximate surface area is 206 Å². The van der Waals surface area contributed by atoms with Gasteiger partial charge in [-0.2, -0.15) is 0 Å². The van der Waals surface area contributed by atoms with E-state index in [0.717, 1.165) is 28.7 Å². The zero-order valence-corrected chi connectivity index (χ0v) is 21.2. The molecular formula is C28H31N3O3S. The number of nitrogens with two attached hydrogens (primary N) is 1. The first-order valence-corrected chi connectivity index (χ1v) is 13.5. The predicted octanol–water partition coefficient (Wildman–Crippen LogP) is 4.77. The zero-order valence-electron chi connectivity index (χ0n) is 20.4. The number of rotatable bonds is 9. The molecule has 0 unspecified atom stereocenters. The molecule has 0 spiro atoms. The molecule has 35 heavy (non-hydrogen) atoms. The molecule has 2 N–H and O–H groups in total. The number of nitrogens with zero attached hydrogens (tertiary/aromatic N) is 2. The number of aromatic nitrogens is 2. The summed E-state index contributed by atoms with van der Waals surface area (Å²) in [7, 11) is -3.30. The minimum Gasteiger partial charge on any atom is -0.366 e. The first kappa shape index (κ1) is 24.7. The van der Waals surface area contributed by atoms with Crippen molar-refractivity contribution in [1.29, 1.82) is 0 Å². The van der Waals surface area contributed by atoms with Crippen LogP contribution >= 0.6 is 0 Å². The van der Waals surface area contributed by atoms with Crippen molar-refractivity contribution in [2.24, 2.45) is 11.7 Å². The monoisotopic (exact) mass is 489 g/mol. The fourth-order valence-electron chi connectivity index (χ4n) is 4.39. The van der Waals surface area contributed by atoms with Crippen molar-refractivity contribution >= 4 is 26.6 Å². The van der Waals surface area contributed by atoms with E-state index in [0.29, 0.717) is 24.4 Å². The summed E-state index contributed by atoms with van der Waals surface area (Å²) in [5, 5.41) is 0.933. The number of pyridine rings is 1. The molecule has 7 heteroatoms. The molecule has 2 aromatic heterocycles. The molecule has 4 aromatic rings. The molecule has 0 aliphatic carbocycles. The zero-order chi connectivity index (χ0) is 25.2. The van der Waals surface area contributed by atoms with Crippen molar-refractivity contribution in [3.63, 3.8) is 0 Å². The van der Waals surface area contributed by atoms with Gasteiger partial charge in [0.05, 0.1) is 10.6 Å². The van der Waals surface area contributed by atoms with Crippen LogP contribution in [-0.4, -0.2) is 29.6 Å². The van der Waals surface area contributed by atoms with Gasteiger partial charge in [0.2, 0.25) is 5.91 Å². The Balaban J connectivity index is 1.77. The van der Waals surface area contributed by atoms with E-state index in [4.69, 9.17) is 5.73 Å². The molecule has 6 nitrogen and oxygen atoms in total. The third kappa shape index (κ3) is 5.46.